The van der Waals surface area contributed by atoms with Crippen LogP contribution in [-0.2, 0) is 24.1 Å². The van der Waals surface area contributed by atoms with Crippen LogP contribution in [-0.4, -0.2) is 22.6 Å². The number of anilines is 1. The molecule has 0 radical (unpaired) electrons. The van der Waals surface area contributed by atoms with Crippen LogP contribution < -0.4 is 5.32 Å². The summed E-state index contributed by atoms with van der Waals surface area (Å²) in [5.74, 6) is -0.699. The van der Waals surface area contributed by atoms with E-state index in [-0.39, 0.29) is 0 Å². The first-order valence-corrected chi connectivity index (χ1v) is 15.8. The van der Waals surface area contributed by atoms with Gasteiger partial charge in [0.05, 0.1) is 11.1 Å². The molecular formula is C37H50N2O2. The fourth-order valence-electron chi connectivity index (χ4n) is 5.37. The van der Waals surface area contributed by atoms with Crippen molar-refractivity contribution < 1.29 is 9.90 Å². The molecule has 0 aliphatic carbocycles. The molecule has 0 bridgehead atoms. The Kier molecular flexibility index (Phi) is 13.6. The molecule has 220 valence electrons. The summed E-state index contributed by atoms with van der Waals surface area (Å²) >= 11 is 0. The Hall–Kier alpha value is -3.40. The number of hydrogen-bond acceptors (Lipinski definition) is 3. The minimum atomic E-state index is -0.699. The third-order valence-corrected chi connectivity index (χ3v) is 8.39. The highest BCUT2D eigenvalue weighted by Crippen LogP contribution is 2.31. The first-order valence-electron chi connectivity index (χ1n) is 15.8. The van der Waals surface area contributed by atoms with Crippen LogP contribution in [0, 0.1) is 5.41 Å². The summed E-state index contributed by atoms with van der Waals surface area (Å²) in [6.07, 6.45) is 16.9. The lowest BCUT2D eigenvalue weighted by Crippen LogP contribution is -2.31. The van der Waals surface area contributed by atoms with E-state index in [2.05, 4.69) is 79.0 Å². The fraction of sp³-hybridized carbons (Fsp3) is 0.459. The zero-order chi connectivity index (χ0) is 29.3. The van der Waals surface area contributed by atoms with Crippen molar-refractivity contribution in [2.24, 2.45) is 5.41 Å². The number of hydrogen-bond donors (Lipinski definition) is 2. The quantitative estimate of drug-likeness (QED) is 0.145. The maximum Gasteiger partial charge on any atom is 0.309 e. The Morgan fingerprint density at radius 3 is 2.12 bits per heavy atom. The van der Waals surface area contributed by atoms with Crippen LogP contribution in [0.1, 0.15) is 107 Å². The van der Waals surface area contributed by atoms with Crippen LogP contribution in [0.2, 0.25) is 0 Å². The van der Waals surface area contributed by atoms with E-state index in [4.69, 9.17) is 4.98 Å². The molecule has 3 rings (SSSR count). The predicted octanol–water partition coefficient (Wildman–Crippen LogP) is 9.63. The number of nitrogens with one attached hydrogen (secondary N) is 1. The zero-order valence-corrected chi connectivity index (χ0v) is 25.5. The molecule has 3 aromatic rings. The summed E-state index contributed by atoms with van der Waals surface area (Å²) < 4.78 is 0. The summed E-state index contributed by atoms with van der Waals surface area (Å²) in [6.45, 7) is 6.80. The smallest absolute Gasteiger partial charge is 0.309 e. The Morgan fingerprint density at radius 1 is 0.805 bits per heavy atom. The first-order chi connectivity index (χ1) is 20.0. The number of carboxylic acid groups (broad SMARTS) is 1. The summed E-state index contributed by atoms with van der Waals surface area (Å²) in [7, 11) is 0. The molecule has 1 heterocycles. The molecule has 0 atom stereocenters. The number of pyridine rings is 1. The number of unbranched alkanes of at least 4 members (excludes halogenated alkanes) is 4. The molecule has 4 heteroatoms. The van der Waals surface area contributed by atoms with Crippen LogP contribution in [0.15, 0.2) is 66.7 Å². The van der Waals surface area contributed by atoms with Gasteiger partial charge < -0.3 is 10.4 Å². The maximum absolute atomic E-state index is 11.8. The molecule has 0 spiro atoms. The Morgan fingerprint density at radius 2 is 1.46 bits per heavy atom. The molecule has 4 nitrogen and oxygen atoms in total. The summed E-state index contributed by atoms with van der Waals surface area (Å²) in [4.78, 5) is 16.6. The van der Waals surface area contributed by atoms with Gasteiger partial charge >= 0.3 is 5.97 Å². The topological polar surface area (TPSA) is 62.2 Å². The number of rotatable bonds is 19. The Bertz CT molecular complexity index is 1210. The molecular weight excluding hydrogens is 504 g/mol. The third-order valence-electron chi connectivity index (χ3n) is 8.39. The van der Waals surface area contributed by atoms with Crippen molar-refractivity contribution in [3.05, 3.63) is 94.8 Å². The van der Waals surface area contributed by atoms with Gasteiger partial charge in [-0.1, -0.05) is 88.6 Å². The second kappa shape index (κ2) is 17.4. The standard InChI is InChI=1S/C37H50N2O2/c1-4-7-14-30-21-23-31(24-22-30)15-10-8-9-11-17-33-18-13-19-34(39-33)26-25-32-16-12-20-35(29-32)38-28-27-37(5-2,6-3)36(40)41/h12-13,16,18-26,29,38H,4-11,14-15,17,27-28H2,1-3H3,(H,40,41). The lowest BCUT2D eigenvalue weighted by atomic mass is 9.79. The van der Waals surface area contributed by atoms with E-state index in [0.29, 0.717) is 25.8 Å². The normalized spacial score (nSPS) is 11.7. The van der Waals surface area contributed by atoms with Gasteiger partial charge in [0.25, 0.3) is 0 Å². The summed E-state index contributed by atoms with van der Waals surface area (Å²) in [5, 5.41) is 13.1. The van der Waals surface area contributed by atoms with E-state index < -0.39 is 11.4 Å². The van der Waals surface area contributed by atoms with Crippen molar-refractivity contribution in [1.82, 2.24) is 4.98 Å². The van der Waals surface area contributed by atoms with Gasteiger partial charge in [0, 0.05) is 17.9 Å². The van der Waals surface area contributed by atoms with Crippen molar-refractivity contribution in [3.63, 3.8) is 0 Å². The second-order valence-electron chi connectivity index (χ2n) is 11.3. The second-order valence-corrected chi connectivity index (χ2v) is 11.3. The van der Waals surface area contributed by atoms with E-state index in [1.165, 1.54) is 62.5 Å². The number of aromatic nitrogens is 1. The highest BCUT2D eigenvalue weighted by molar-refractivity contribution is 5.74. The van der Waals surface area contributed by atoms with Crippen molar-refractivity contribution in [1.29, 1.82) is 0 Å². The van der Waals surface area contributed by atoms with Crippen LogP contribution in [0.25, 0.3) is 12.2 Å². The van der Waals surface area contributed by atoms with E-state index in [9.17, 15) is 9.90 Å². The predicted molar refractivity (Wildman–Crippen MR) is 174 cm³/mol. The molecule has 0 aliphatic heterocycles. The molecule has 0 unspecified atom stereocenters. The van der Waals surface area contributed by atoms with Gasteiger partial charge in [-0.2, -0.15) is 0 Å². The van der Waals surface area contributed by atoms with E-state index in [0.717, 1.165) is 29.1 Å². The SMILES string of the molecule is CCCCc1ccc(CCCCCCc2cccc(C=Cc3cccc(NCCC(CC)(CC)C(=O)O)c3)n2)cc1. The van der Waals surface area contributed by atoms with Crippen molar-refractivity contribution in [2.75, 3.05) is 11.9 Å². The molecule has 41 heavy (non-hydrogen) atoms. The van der Waals surface area contributed by atoms with Crippen LogP contribution in [0.5, 0.6) is 0 Å². The zero-order valence-electron chi connectivity index (χ0n) is 25.5. The van der Waals surface area contributed by atoms with Crippen LogP contribution >= 0.6 is 0 Å². The molecule has 1 aromatic heterocycles. The van der Waals surface area contributed by atoms with Crippen molar-refractivity contribution in [3.8, 4) is 0 Å². The van der Waals surface area contributed by atoms with Crippen molar-refractivity contribution >= 4 is 23.8 Å². The highest BCUT2D eigenvalue weighted by atomic mass is 16.4. The molecule has 2 N–H and O–H groups in total. The first kappa shape index (κ1) is 32.1. The molecule has 0 aliphatic rings. The molecule has 0 saturated carbocycles. The fourth-order valence-corrected chi connectivity index (χ4v) is 5.37. The van der Waals surface area contributed by atoms with Gasteiger partial charge in [-0.05, 0) is 105 Å². The van der Waals surface area contributed by atoms with Gasteiger partial charge in [0.1, 0.15) is 0 Å². The van der Waals surface area contributed by atoms with Crippen LogP contribution in [0.3, 0.4) is 0 Å². The van der Waals surface area contributed by atoms with E-state index in [1.54, 1.807) is 0 Å². The van der Waals surface area contributed by atoms with Gasteiger partial charge in [-0.15, -0.1) is 0 Å². The highest BCUT2D eigenvalue weighted by Gasteiger charge is 2.34. The molecule has 0 saturated heterocycles. The number of carboxylic acids is 1. The number of benzene rings is 2. The average molecular weight is 555 g/mol. The summed E-state index contributed by atoms with van der Waals surface area (Å²) in [5.41, 5.74) is 6.49. The van der Waals surface area contributed by atoms with E-state index >= 15 is 0 Å². The minimum Gasteiger partial charge on any atom is -0.481 e. The lowest BCUT2D eigenvalue weighted by Gasteiger charge is -2.26. The lowest BCUT2D eigenvalue weighted by molar-refractivity contribution is -0.149. The monoisotopic (exact) mass is 554 g/mol. The summed E-state index contributed by atoms with van der Waals surface area (Å²) in [6, 6.07) is 23.7. The van der Waals surface area contributed by atoms with Crippen LogP contribution in [0.4, 0.5) is 5.69 Å². The number of aryl methyl sites for hydroxylation is 3. The number of carbonyl (C=O) groups is 1. The largest absolute Gasteiger partial charge is 0.481 e. The Labute approximate surface area is 248 Å². The third kappa shape index (κ3) is 10.8. The minimum absolute atomic E-state index is 0.610. The van der Waals surface area contributed by atoms with E-state index in [1.807, 2.05) is 26.0 Å². The molecule has 0 amide bonds. The van der Waals surface area contributed by atoms with Gasteiger partial charge in [0.15, 0.2) is 0 Å². The Balaban J connectivity index is 1.40. The number of aliphatic carboxylic acids is 1. The van der Waals surface area contributed by atoms with Gasteiger partial charge in [-0.3, -0.25) is 9.78 Å². The van der Waals surface area contributed by atoms with Gasteiger partial charge in [-0.25, -0.2) is 0 Å². The van der Waals surface area contributed by atoms with Gasteiger partial charge in [0.2, 0.25) is 0 Å². The van der Waals surface area contributed by atoms with Crippen molar-refractivity contribution in [2.45, 2.75) is 97.8 Å². The molecule has 0 fully saturated rings. The number of nitrogens with zero attached hydrogens (tertiary/aromatic N) is 1. The molecule has 2 aromatic carbocycles. The maximum atomic E-state index is 11.8. The average Bonchev–Trinajstić information content (AvgIpc) is 3.00.